The lowest BCUT2D eigenvalue weighted by molar-refractivity contribution is 0.0727. The van der Waals surface area contributed by atoms with E-state index in [1.54, 1.807) is 23.2 Å². The first-order valence-electron chi connectivity index (χ1n) is 12.5. The highest BCUT2D eigenvalue weighted by molar-refractivity contribution is 6.05. The van der Waals surface area contributed by atoms with Crippen LogP contribution < -0.4 is 5.56 Å². The van der Waals surface area contributed by atoms with Gasteiger partial charge in [0.15, 0.2) is 5.65 Å². The molecule has 0 unspecified atom stereocenters. The number of nitrogens with zero attached hydrogens (tertiary/aromatic N) is 5. The molecule has 188 valence electrons. The normalized spacial score (nSPS) is 11.6. The molecule has 8 heteroatoms. The standard InChI is InChI=1S/C29H30N6O2/c1-18(2)25-14-22(23-15-30-35(19(3)4)27(23)32-25)29(37)34(16-20-10-6-5-7-11-20)17-26-31-24-13-9-8-12-21(24)28(36)33-26/h5-15,18-19H,16-17H2,1-4H3,(H,31,33,36). The van der Waals surface area contributed by atoms with Crippen molar-refractivity contribution >= 4 is 27.8 Å². The smallest absolute Gasteiger partial charge is 0.258 e. The number of carbonyl (C=O) groups excluding carboxylic acids is 1. The van der Waals surface area contributed by atoms with Gasteiger partial charge in [-0.2, -0.15) is 5.10 Å². The van der Waals surface area contributed by atoms with Crippen molar-refractivity contribution in [2.45, 2.75) is 52.7 Å². The summed E-state index contributed by atoms with van der Waals surface area (Å²) in [5, 5.41) is 5.76. The molecule has 0 aliphatic rings. The van der Waals surface area contributed by atoms with Gasteiger partial charge in [-0.25, -0.2) is 14.6 Å². The zero-order chi connectivity index (χ0) is 26.1. The van der Waals surface area contributed by atoms with Crippen LogP contribution in [0.5, 0.6) is 0 Å². The van der Waals surface area contributed by atoms with Gasteiger partial charge in [-0.3, -0.25) is 9.59 Å². The Labute approximate surface area is 215 Å². The number of pyridine rings is 1. The molecule has 0 bridgehead atoms. The van der Waals surface area contributed by atoms with Gasteiger partial charge in [0, 0.05) is 18.3 Å². The molecule has 5 aromatic rings. The number of nitrogens with one attached hydrogen (secondary N) is 1. The van der Waals surface area contributed by atoms with E-state index in [0.717, 1.165) is 11.3 Å². The lowest BCUT2D eigenvalue weighted by atomic mass is 10.0. The highest BCUT2D eigenvalue weighted by Crippen LogP contribution is 2.26. The van der Waals surface area contributed by atoms with Gasteiger partial charge in [-0.05, 0) is 43.5 Å². The fourth-order valence-electron chi connectivity index (χ4n) is 4.45. The Morgan fingerprint density at radius 3 is 2.41 bits per heavy atom. The Kier molecular flexibility index (Phi) is 6.56. The third kappa shape index (κ3) is 4.87. The molecule has 3 heterocycles. The molecule has 1 N–H and O–H groups in total. The topological polar surface area (TPSA) is 96.8 Å². The third-order valence-corrected chi connectivity index (χ3v) is 6.40. The summed E-state index contributed by atoms with van der Waals surface area (Å²) < 4.78 is 1.85. The highest BCUT2D eigenvalue weighted by Gasteiger charge is 2.24. The first-order chi connectivity index (χ1) is 17.8. The molecule has 0 radical (unpaired) electrons. The van der Waals surface area contributed by atoms with Gasteiger partial charge in [0.25, 0.3) is 11.5 Å². The lowest BCUT2D eigenvalue weighted by Crippen LogP contribution is -2.32. The van der Waals surface area contributed by atoms with Crippen LogP contribution >= 0.6 is 0 Å². The van der Waals surface area contributed by atoms with Crippen LogP contribution in [0.25, 0.3) is 21.9 Å². The quantitative estimate of drug-likeness (QED) is 0.335. The predicted molar refractivity (Wildman–Crippen MR) is 144 cm³/mol. The van der Waals surface area contributed by atoms with Crippen molar-refractivity contribution < 1.29 is 4.79 Å². The number of benzene rings is 2. The minimum absolute atomic E-state index is 0.0997. The van der Waals surface area contributed by atoms with Gasteiger partial charge in [-0.1, -0.05) is 56.3 Å². The van der Waals surface area contributed by atoms with Crippen molar-refractivity contribution in [3.63, 3.8) is 0 Å². The number of amides is 1. The summed E-state index contributed by atoms with van der Waals surface area (Å²) in [5.41, 5.74) is 3.42. The Morgan fingerprint density at radius 1 is 0.946 bits per heavy atom. The Hall–Kier alpha value is -4.33. The van der Waals surface area contributed by atoms with Crippen molar-refractivity contribution in [1.29, 1.82) is 0 Å². The van der Waals surface area contributed by atoms with Crippen molar-refractivity contribution in [2.24, 2.45) is 0 Å². The first kappa shape index (κ1) is 24.4. The maximum atomic E-state index is 14.2. The van der Waals surface area contributed by atoms with Gasteiger partial charge >= 0.3 is 0 Å². The molecule has 2 aromatic carbocycles. The van der Waals surface area contributed by atoms with E-state index >= 15 is 0 Å². The van der Waals surface area contributed by atoms with Crippen LogP contribution in [0.1, 0.15) is 67.1 Å². The Morgan fingerprint density at radius 2 is 1.68 bits per heavy atom. The van der Waals surface area contributed by atoms with E-state index in [4.69, 9.17) is 4.98 Å². The van der Waals surface area contributed by atoms with Crippen molar-refractivity contribution in [2.75, 3.05) is 0 Å². The van der Waals surface area contributed by atoms with Gasteiger partial charge < -0.3 is 9.88 Å². The number of para-hydroxylation sites is 1. The van der Waals surface area contributed by atoms with Crippen molar-refractivity contribution in [1.82, 2.24) is 29.6 Å². The fraction of sp³-hybridized carbons (Fsp3) is 0.276. The average Bonchev–Trinajstić information content (AvgIpc) is 3.32. The third-order valence-electron chi connectivity index (χ3n) is 6.40. The second kappa shape index (κ2) is 9.97. The van der Waals surface area contributed by atoms with Crippen LogP contribution in [0, 0.1) is 0 Å². The summed E-state index contributed by atoms with van der Waals surface area (Å²) in [6.45, 7) is 8.71. The Balaban J connectivity index is 1.62. The number of H-pyrrole nitrogens is 1. The monoisotopic (exact) mass is 494 g/mol. The van der Waals surface area contributed by atoms with E-state index in [2.05, 4.69) is 28.9 Å². The second-order valence-electron chi connectivity index (χ2n) is 9.85. The van der Waals surface area contributed by atoms with Gasteiger partial charge in [0.05, 0.1) is 34.6 Å². The van der Waals surface area contributed by atoms with Gasteiger partial charge in [-0.15, -0.1) is 0 Å². The minimum atomic E-state index is -0.223. The molecule has 0 spiro atoms. The molecule has 8 nitrogen and oxygen atoms in total. The van der Waals surface area contributed by atoms with E-state index in [0.29, 0.717) is 39.9 Å². The summed E-state index contributed by atoms with van der Waals surface area (Å²) in [6, 6.07) is 19.0. The van der Waals surface area contributed by atoms with Gasteiger partial charge in [0.2, 0.25) is 0 Å². The van der Waals surface area contributed by atoms with Crippen LogP contribution in [-0.4, -0.2) is 35.5 Å². The summed E-state index contributed by atoms with van der Waals surface area (Å²) in [7, 11) is 0. The molecule has 0 aliphatic heterocycles. The number of aromatic amines is 1. The molecule has 0 saturated heterocycles. The van der Waals surface area contributed by atoms with E-state index in [1.807, 2.05) is 67.1 Å². The molecule has 37 heavy (non-hydrogen) atoms. The number of hydrogen-bond donors (Lipinski definition) is 1. The Bertz CT molecular complexity index is 1640. The molecule has 3 aromatic heterocycles. The summed E-state index contributed by atoms with van der Waals surface area (Å²) in [6.07, 6.45) is 1.72. The molecule has 0 saturated carbocycles. The zero-order valence-electron chi connectivity index (χ0n) is 21.5. The number of aromatic nitrogens is 5. The SMILES string of the molecule is CC(C)c1cc(C(=O)N(Cc2ccccc2)Cc2nc3ccccc3c(=O)[nH]2)c2cnn(C(C)C)c2n1. The number of carbonyl (C=O) groups is 1. The van der Waals surface area contributed by atoms with Gasteiger partial charge in [0.1, 0.15) is 5.82 Å². The van der Waals surface area contributed by atoms with E-state index < -0.39 is 0 Å². The fourth-order valence-corrected chi connectivity index (χ4v) is 4.45. The second-order valence-corrected chi connectivity index (χ2v) is 9.85. The van der Waals surface area contributed by atoms with Crippen molar-refractivity contribution in [3.8, 4) is 0 Å². The number of fused-ring (bicyclic) bond motifs is 2. The van der Waals surface area contributed by atoms with E-state index in [9.17, 15) is 9.59 Å². The van der Waals surface area contributed by atoms with Crippen LogP contribution in [0.2, 0.25) is 0 Å². The zero-order valence-corrected chi connectivity index (χ0v) is 21.5. The van der Waals surface area contributed by atoms with E-state index in [-0.39, 0.29) is 30.0 Å². The van der Waals surface area contributed by atoms with Crippen LogP contribution in [0.3, 0.4) is 0 Å². The maximum absolute atomic E-state index is 14.2. The minimum Gasteiger partial charge on any atom is -0.327 e. The van der Waals surface area contributed by atoms with Crippen LogP contribution in [-0.2, 0) is 13.1 Å². The lowest BCUT2D eigenvalue weighted by Gasteiger charge is -2.23. The predicted octanol–water partition coefficient (Wildman–Crippen LogP) is 5.21. The average molecular weight is 495 g/mol. The first-order valence-corrected chi connectivity index (χ1v) is 12.5. The largest absolute Gasteiger partial charge is 0.327 e. The summed E-state index contributed by atoms with van der Waals surface area (Å²) in [5.74, 6) is 0.394. The summed E-state index contributed by atoms with van der Waals surface area (Å²) in [4.78, 5) is 41.0. The molecule has 0 aliphatic carbocycles. The summed E-state index contributed by atoms with van der Waals surface area (Å²) >= 11 is 0. The highest BCUT2D eigenvalue weighted by atomic mass is 16.2. The van der Waals surface area contributed by atoms with E-state index in [1.165, 1.54) is 0 Å². The van der Waals surface area contributed by atoms with Crippen molar-refractivity contribution in [3.05, 3.63) is 99.9 Å². The number of rotatable bonds is 7. The molecule has 5 rings (SSSR count). The molecule has 1 amide bonds. The maximum Gasteiger partial charge on any atom is 0.258 e. The molecular weight excluding hydrogens is 464 g/mol. The van der Waals surface area contributed by atoms with Crippen LogP contribution in [0.15, 0.2) is 71.7 Å². The molecule has 0 atom stereocenters. The molecule has 0 fully saturated rings. The number of hydrogen-bond acceptors (Lipinski definition) is 5. The molecular formula is C29H30N6O2. The van der Waals surface area contributed by atoms with Crippen LogP contribution in [0.4, 0.5) is 0 Å².